The van der Waals surface area contributed by atoms with E-state index < -0.39 is 0 Å². The largest absolute Gasteiger partial charge is 0.364 e. The summed E-state index contributed by atoms with van der Waals surface area (Å²) in [5, 5.41) is 4.64. The Balaban J connectivity index is 2.30. The molecule has 1 N–H and O–H groups in total. The third kappa shape index (κ3) is 4.99. The molecule has 0 aromatic carbocycles. The number of nitrogens with one attached hydrogen (secondary N) is 1. The van der Waals surface area contributed by atoms with Crippen LogP contribution in [0.4, 0.5) is 0 Å². The summed E-state index contributed by atoms with van der Waals surface area (Å²) in [6.07, 6.45) is 3.69. The molecule has 0 aromatic heterocycles. The maximum atomic E-state index is 4.74. The van der Waals surface area contributed by atoms with Gasteiger partial charge in [0.1, 0.15) is 0 Å². The minimum absolute atomic E-state index is 0.448. The summed E-state index contributed by atoms with van der Waals surface area (Å²) in [5.41, 5.74) is 0.448. The zero-order chi connectivity index (χ0) is 14.3. The minimum Gasteiger partial charge on any atom is -0.364 e. The summed E-state index contributed by atoms with van der Waals surface area (Å²) in [4.78, 5) is 7.14. The number of thioether (sulfide) groups is 1. The minimum atomic E-state index is 0.448. The highest BCUT2D eigenvalue weighted by Crippen LogP contribution is 2.34. The van der Waals surface area contributed by atoms with Gasteiger partial charge in [-0.25, -0.2) is 0 Å². The molecule has 0 aliphatic carbocycles. The molecule has 0 spiro atoms. The summed E-state index contributed by atoms with van der Waals surface area (Å²) in [6, 6.07) is 0.663. The Morgan fingerprint density at radius 1 is 1.37 bits per heavy atom. The highest BCUT2D eigenvalue weighted by molar-refractivity contribution is 8.13. The van der Waals surface area contributed by atoms with E-state index in [1.807, 2.05) is 11.8 Å². The molecule has 3 nitrogen and oxygen atoms in total. The smallest absolute Gasteiger partial charge is 0.156 e. The fourth-order valence-corrected chi connectivity index (χ4v) is 3.51. The maximum Gasteiger partial charge on any atom is 0.156 e. The van der Waals surface area contributed by atoms with Crippen LogP contribution in [0, 0.1) is 5.41 Å². The third-order valence-corrected chi connectivity index (χ3v) is 5.96. The lowest BCUT2D eigenvalue weighted by Gasteiger charge is -2.33. The molecular weight excluding hydrogens is 254 g/mol. The lowest BCUT2D eigenvalue weighted by Crippen LogP contribution is -2.39. The molecule has 0 amide bonds. The lowest BCUT2D eigenvalue weighted by atomic mass is 9.84. The first-order valence-electron chi connectivity index (χ1n) is 7.68. The Hall–Kier alpha value is -0.220. The zero-order valence-corrected chi connectivity index (χ0v) is 14.1. The van der Waals surface area contributed by atoms with Gasteiger partial charge in [0.05, 0.1) is 0 Å². The van der Waals surface area contributed by atoms with E-state index in [4.69, 9.17) is 4.99 Å². The van der Waals surface area contributed by atoms with Crippen molar-refractivity contribution in [3.8, 4) is 0 Å². The molecule has 112 valence electrons. The molecule has 0 bridgehead atoms. The summed E-state index contributed by atoms with van der Waals surface area (Å²) in [6.45, 7) is 12.2. The summed E-state index contributed by atoms with van der Waals surface area (Å²) in [7, 11) is 2.20. The Morgan fingerprint density at radius 2 is 2.05 bits per heavy atom. The number of hydrogen-bond acceptors (Lipinski definition) is 4. The molecule has 1 aliphatic heterocycles. The van der Waals surface area contributed by atoms with Crippen molar-refractivity contribution in [3.63, 3.8) is 0 Å². The Bertz CT molecular complexity index is 287. The maximum absolute atomic E-state index is 4.74. The van der Waals surface area contributed by atoms with Crippen LogP contribution in [0.1, 0.15) is 47.0 Å². The number of rotatable bonds is 7. The highest BCUT2D eigenvalue weighted by atomic mass is 32.2. The van der Waals surface area contributed by atoms with Gasteiger partial charge in [-0.2, -0.15) is 0 Å². The van der Waals surface area contributed by atoms with Crippen LogP contribution in [0.25, 0.3) is 0 Å². The van der Waals surface area contributed by atoms with Crippen LogP contribution in [0.5, 0.6) is 0 Å². The first kappa shape index (κ1) is 16.8. The Kier molecular flexibility index (Phi) is 7.22. The van der Waals surface area contributed by atoms with Crippen molar-refractivity contribution in [2.45, 2.75) is 53.0 Å². The van der Waals surface area contributed by atoms with Gasteiger partial charge in [0, 0.05) is 31.4 Å². The van der Waals surface area contributed by atoms with Crippen molar-refractivity contribution in [1.82, 2.24) is 10.2 Å². The van der Waals surface area contributed by atoms with Crippen molar-refractivity contribution in [1.29, 1.82) is 0 Å². The molecular formula is C15H31N3S. The standard InChI is InChI=1S/C15H31N3S/c1-6-13(4)18(5)10-9-16-14-17-11-15(7-2,8-3)12-19-14/h13H,6-12H2,1-5H3,(H,16,17). The van der Waals surface area contributed by atoms with Gasteiger partial charge in [0.25, 0.3) is 0 Å². The SMILES string of the molecule is CCC(C)N(C)CCNC1=NCC(CC)(CC)CS1. The van der Waals surface area contributed by atoms with E-state index >= 15 is 0 Å². The molecule has 1 atom stereocenters. The normalized spacial score (nSPS) is 20.2. The molecule has 1 heterocycles. The molecule has 0 saturated heterocycles. The lowest BCUT2D eigenvalue weighted by molar-refractivity contribution is 0.256. The molecule has 0 radical (unpaired) electrons. The average molecular weight is 286 g/mol. The van der Waals surface area contributed by atoms with Crippen molar-refractivity contribution in [3.05, 3.63) is 0 Å². The van der Waals surface area contributed by atoms with E-state index in [-0.39, 0.29) is 0 Å². The van der Waals surface area contributed by atoms with E-state index in [0.29, 0.717) is 11.5 Å². The van der Waals surface area contributed by atoms with E-state index in [0.717, 1.165) is 24.8 Å². The van der Waals surface area contributed by atoms with Gasteiger partial charge < -0.3 is 10.2 Å². The number of hydrogen-bond donors (Lipinski definition) is 1. The second-order valence-electron chi connectivity index (χ2n) is 5.78. The van der Waals surface area contributed by atoms with Crippen molar-refractivity contribution in [2.75, 3.05) is 32.4 Å². The zero-order valence-electron chi connectivity index (χ0n) is 13.3. The predicted molar refractivity (Wildman–Crippen MR) is 88.2 cm³/mol. The first-order chi connectivity index (χ1) is 9.06. The predicted octanol–water partition coefficient (Wildman–Crippen LogP) is 3.22. The molecule has 0 aromatic rings. The monoisotopic (exact) mass is 285 g/mol. The van der Waals surface area contributed by atoms with Crippen LogP contribution in [0.2, 0.25) is 0 Å². The second kappa shape index (κ2) is 8.15. The van der Waals surface area contributed by atoms with Crippen LogP contribution in [-0.2, 0) is 0 Å². The highest BCUT2D eigenvalue weighted by Gasteiger charge is 2.29. The van der Waals surface area contributed by atoms with Crippen molar-refractivity contribution >= 4 is 16.9 Å². The van der Waals surface area contributed by atoms with E-state index in [1.54, 1.807) is 0 Å². The first-order valence-corrected chi connectivity index (χ1v) is 8.66. The fourth-order valence-electron chi connectivity index (χ4n) is 2.21. The topological polar surface area (TPSA) is 27.6 Å². The van der Waals surface area contributed by atoms with E-state index in [1.165, 1.54) is 25.0 Å². The molecule has 1 aliphatic rings. The van der Waals surface area contributed by atoms with Gasteiger partial charge in [0.15, 0.2) is 5.17 Å². The molecule has 0 saturated carbocycles. The summed E-state index contributed by atoms with van der Waals surface area (Å²) >= 11 is 1.91. The van der Waals surface area contributed by atoms with Gasteiger partial charge >= 0.3 is 0 Å². The quantitative estimate of drug-likeness (QED) is 0.778. The number of likely N-dealkylation sites (N-methyl/N-ethyl adjacent to an activating group) is 1. The van der Waals surface area contributed by atoms with Crippen LogP contribution in [0.15, 0.2) is 4.99 Å². The fraction of sp³-hybridized carbons (Fsp3) is 0.933. The number of nitrogens with zero attached hydrogens (tertiary/aromatic N) is 2. The Labute approximate surface area is 123 Å². The van der Waals surface area contributed by atoms with Crippen molar-refractivity contribution in [2.24, 2.45) is 10.4 Å². The van der Waals surface area contributed by atoms with Gasteiger partial charge in [-0.3, -0.25) is 4.99 Å². The molecule has 1 unspecified atom stereocenters. The Morgan fingerprint density at radius 3 is 2.53 bits per heavy atom. The molecule has 19 heavy (non-hydrogen) atoms. The van der Waals surface area contributed by atoms with Crippen LogP contribution < -0.4 is 5.32 Å². The van der Waals surface area contributed by atoms with Gasteiger partial charge in [-0.15, -0.1) is 0 Å². The third-order valence-electron chi connectivity index (χ3n) is 4.66. The molecule has 4 heteroatoms. The number of amidine groups is 1. The summed E-state index contributed by atoms with van der Waals surface area (Å²) < 4.78 is 0. The summed E-state index contributed by atoms with van der Waals surface area (Å²) in [5.74, 6) is 1.22. The van der Waals surface area contributed by atoms with Gasteiger partial charge in [0.2, 0.25) is 0 Å². The van der Waals surface area contributed by atoms with Crippen LogP contribution >= 0.6 is 11.8 Å². The van der Waals surface area contributed by atoms with E-state index in [9.17, 15) is 0 Å². The molecule has 1 rings (SSSR count). The van der Waals surface area contributed by atoms with Gasteiger partial charge in [-0.1, -0.05) is 32.5 Å². The number of aliphatic imine (C=N–C) groups is 1. The van der Waals surface area contributed by atoms with Gasteiger partial charge in [-0.05, 0) is 38.6 Å². The van der Waals surface area contributed by atoms with Crippen LogP contribution in [0.3, 0.4) is 0 Å². The molecule has 0 fully saturated rings. The van der Waals surface area contributed by atoms with E-state index in [2.05, 4.69) is 45.0 Å². The van der Waals surface area contributed by atoms with Crippen LogP contribution in [-0.4, -0.2) is 48.5 Å². The van der Waals surface area contributed by atoms with Crippen molar-refractivity contribution < 1.29 is 0 Å². The second-order valence-corrected chi connectivity index (χ2v) is 6.75. The average Bonchev–Trinajstić information content (AvgIpc) is 2.47.